The zero-order valence-corrected chi connectivity index (χ0v) is 16.1. The van der Waals surface area contributed by atoms with E-state index in [1.165, 1.54) is 21.9 Å². The van der Waals surface area contributed by atoms with E-state index in [1.54, 1.807) is 12.2 Å². The maximum atomic E-state index is 11.8. The highest BCUT2D eigenvalue weighted by atomic mass is 16.6. The van der Waals surface area contributed by atoms with E-state index < -0.39 is 0 Å². The Kier molecular flexibility index (Phi) is 3.83. The summed E-state index contributed by atoms with van der Waals surface area (Å²) >= 11 is 0. The number of epoxide rings is 2. The first-order chi connectivity index (χ1) is 14.2. The van der Waals surface area contributed by atoms with Crippen molar-refractivity contribution in [3.8, 4) is 11.5 Å². The Morgan fingerprint density at radius 2 is 1.38 bits per heavy atom. The minimum Gasteiger partial charge on any atom is -0.490 e. The SMILES string of the molecule is O=C1C=CC2(C=C1)Cc1c(OCC3CO3)ccc3ccc(OC[C@@H]4CO4)c(c13)C2. The van der Waals surface area contributed by atoms with Gasteiger partial charge in [-0.25, -0.2) is 0 Å². The summed E-state index contributed by atoms with van der Waals surface area (Å²) < 4.78 is 22.9. The molecule has 2 aliphatic carbocycles. The fourth-order valence-corrected chi connectivity index (χ4v) is 4.41. The second-order valence-electron chi connectivity index (χ2n) is 8.37. The van der Waals surface area contributed by atoms with E-state index in [-0.39, 0.29) is 23.4 Å². The molecule has 0 bridgehead atoms. The average Bonchev–Trinajstić information content (AvgIpc) is 3.64. The first-order valence-corrected chi connectivity index (χ1v) is 10.2. The number of carbonyl (C=O) groups excluding carboxylic acids is 1. The minimum absolute atomic E-state index is 0.0393. The molecule has 2 fully saturated rings. The van der Waals surface area contributed by atoms with Crippen molar-refractivity contribution in [3.63, 3.8) is 0 Å². The zero-order valence-electron chi connectivity index (χ0n) is 16.1. The molecule has 0 saturated carbocycles. The molecular formula is C24H22O5. The van der Waals surface area contributed by atoms with E-state index in [9.17, 15) is 4.79 Å². The van der Waals surface area contributed by atoms with Gasteiger partial charge in [0, 0.05) is 16.5 Å². The predicted octanol–water partition coefficient (Wildman–Crippen LogP) is 3.18. The van der Waals surface area contributed by atoms with Crippen LogP contribution in [0, 0.1) is 5.41 Å². The van der Waals surface area contributed by atoms with Gasteiger partial charge in [0.1, 0.15) is 36.9 Å². The standard InChI is InChI=1S/C24H22O5/c25-16-5-7-24(8-6-16)9-19-21(28-13-17-11-26-17)3-1-15-2-4-22(20(10-24)23(15)19)29-14-18-12-27-18/h1-8,17-18H,9-14H2/t17-,18?/m0/s1. The number of benzene rings is 2. The van der Waals surface area contributed by atoms with Gasteiger partial charge in [-0.15, -0.1) is 0 Å². The second kappa shape index (κ2) is 6.44. The van der Waals surface area contributed by atoms with Crippen LogP contribution in [0.3, 0.4) is 0 Å². The third-order valence-corrected chi connectivity index (χ3v) is 6.14. The van der Waals surface area contributed by atoms with E-state index in [1.807, 2.05) is 12.2 Å². The van der Waals surface area contributed by atoms with Crippen LogP contribution in [0.5, 0.6) is 11.5 Å². The summed E-state index contributed by atoms with van der Waals surface area (Å²) in [6.45, 7) is 2.68. The van der Waals surface area contributed by atoms with Crippen LogP contribution in [0.15, 0.2) is 48.6 Å². The highest BCUT2D eigenvalue weighted by Gasteiger charge is 2.37. The lowest BCUT2D eigenvalue weighted by Crippen LogP contribution is -2.29. The van der Waals surface area contributed by atoms with Crippen molar-refractivity contribution in [1.29, 1.82) is 0 Å². The van der Waals surface area contributed by atoms with Crippen molar-refractivity contribution >= 4 is 16.6 Å². The van der Waals surface area contributed by atoms with Gasteiger partial charge in [0.2, 0.25) is 0 Å². The van der Waals surface area contributed by atoms with E-state index >= 15 is 0 Å². The van der Waals surface area contributed by atoms with Gasteiger partial charge in [-0.05, 0) is 47.9 Å². The van der Waals surface area contributed by atoms with Crippen molar-refractivity contribution < 1.29 is 23.7 Å². The molecule has 5 nitrogen and oxygen atoms in total. The van der Waals surface area contributed by atoms with Crippen LogP contribution in [-0.2, 0) is 27.1 Å². The molecule has 1 unspecified atom stereocenters. The molecule has 0 radical (unpaired) electrons. The summed E-state index contributed by atoms with van der Waals surface area (Å²) in [6, 6.07) is 8.35. The van der Waals surface area contributed by atoms with Crippen LogP contribution in [0.4, 0.5) is 0 Å². The Bertz CT molecular complexity index is 980. The molecule has 2 heterocycles. The van der Waals surface area contributed by atoms with Crippen molar-refractivity contribution in [2.75, 3.05) is 26.4 Å². The van der Waals surface area contributed by atoms with Gasteiger partial charge in [0.25, 0.3) is 0 Å². The van der Waals surface area contributed by atoms with Gasteiger partial charge in [-0.1, -0.05) is 24.3 Å². The smallest absolute Gasteiger partial charge is 0.178 e. The summed E-state index contributed by atoms with van der Waals surface area (Å²) in [5.41, 5.74) is 2.13. The number of hydrogen-bond acceptors (Lipinski definition) is 5. The van der Waals surface area contributed by atoms with Crippen LogP contribution >= 0.6 is 0 Å². The monoisotopic (exact) mass is 390 g/mol. The topological polar surface area (TPSA) is 60.6 Å². The fourth-order valence-electron chi connectivity index (χ4n) is 4.41. The Labute approximate surface area is 168 Å². The Morgan fingerprint density at radius 1 is 0.862 bits per heavy atom. The van der Waals surface area contributed by atoms with Crippen molar-refractivity contribution in [3.05, 3.63) is 59.7 Å². The Hall–Kier alpha value is -2.63. The van der Waals surface area contributed by atoms with Gasteiger partial charge in [-0.2, -0.15) is 0 Å². The molecule has 4 aliphatic rings. The van der Waals surface area contributed by atoms with E-state index in [0.29, 0.717) is 13.2 Å². The molecule has 1 spiro atoms. The highest BCUT2D eigenvalue weighted by molar-refractivity contribution is 6.01. The van der Waals surface area contributed by atoms with Crippen LogP contribution in [0.1, 0.15) is 11.1 Å². The number of carbonyl (C=O) groups is 1. The van der Waals surface area contributed by atoms with Crippen LogP contribution < -0.4 is 9.47 Å². The molecule has 2 aliphatic heterocycles. The van der Waals surface area contributed by atoms with Crippen LogP contribution in [-0.4, -0.2) is 44.4 Å². The quantitative estimate of drug-likeness (QED) is 0.709. The number of allylic oxidation sites excluding steroid dienone is 4. The molecular weight excluding hydrogens is 368 g/mol. The maximum Gasteiger partial charge on any atom is 0.178 e. The molecule has 6 rings (SSSR count). The molecule has 0 amide bonds. The molecule has 0 aromatic heterocycles. The van der Waals surface area contributed by atoms with Gasteiger partial charge < -0.3 is 18.9 Å². The summed E-state index contributed by atoms with van der Waals surface area (Å²) in [5.74, 6) is 1.84. The van der Waals surface area contributed by atoms with Crippen molar-refractivity contribution in [2.24, 2.45) is 5.41 Å². The van der Waals surface area contributed by atoms with Crippen molar-refractivity contribution in [2.45, 2.75) is 25.0 Å². The van der Waals surface area contributed by atoms with Crippen LogP contribution in [0.25, 0.3) is 10.8 Å². The van der Waals surface area contributed by atoms with Gasteiger partial charge in [0.15, 0.2) is 5.78 Å². The van der Waals surface area contributed by atoms with Gasteiger partial charge in [-0.3, -0.25) is 4.79 Å². The van der Waals surface area contributed by atoms with E-state index in [2.05, 4.69) is 24.3 Å². The first kappa shape index (κ1) is 17.2. The summed E-state index contributed by atoms with van der Waals surface area (Å²) in [4.78, 5) is 11.8. The summed E-state index contributed by atoms with van der Waals surface area (Å²) in [5, 5.41) is 2.41. The normalized spacial score (nSPS) is 25.4. The van der Waals surface area contributed by atoms with Crippen molar-refractivity contribution in [1.82, 2.24) is 0 Å². The number of ether oxygens (including phenoxy) is 4. The number of hydrogen-bond donors (Lipinski definition) is 0. The predicted molar refractivity (Wildman–Crippen MR) is 108 cm³/mol. The first-order valence-electron chi connectivity index (χ1n) is 10.2. The third kappa shape index (κ3) is 3.24. The average molecular weight is 390 g/mol. The Balaban J connectivity index is 1.46. The third-order valence-electron chi connectivity index (χ3n) is 6.14. The molecule has 2 aromatic rings. The molecule has 2 aromatic carbocycles. The summed E-state index contributed by atoms with van der Waals surface area (Å²) in [7, 11) is 0. The van der Waals surface area contributed by atoms with E-state index in [4.69, 9.17) is 18.9 Å². The Morgan fingerprint density at radius 3 is 1.86 bits per heavy atom. The van der Waals surface area contributed by atoms with Gasteiger partial charge >= 0.3 is 0 Å². The molecule has 5 heteroatoms. The maximum absolute atomic E-state index is 11.8. The highest BCUT2D eigenvalue weighted by Crippen LogP contribution is 2.48. The fraction of sp³-hybridized carbons (Fsp3) is 0.375. The molecule has 2 saturated heterocycles. The van der Waals surface area contributed by atoms with Gasteiger partial charge in [0.05, 0.1) is 13.2 Å². The lowest BCUT2D eigenvalue weighted by Gasteiger charge is -2.36. The lowest BCUT2D eigenvalue weighted by atomic mass is 9.68. The lowest BCUT2D eigenvalue weighted by molar-refractivity contribution is -0.110. The second-order valence-corrected chi connectivity index (χ2v) is 8.37. The molecule has 29 heavy (non-hydrogen) atoms. The zero-order chi connectivity index (χ0) is 19.4. The van der Waals surface area contributed by atoms with Crippen LogP contribution in [0.2, 0.25) is 0 Å². The molecule has 2 atom stereocenters. The van der Waals surface area contributed by atoms with E-state index in [0.717, 1.165) is 37.6 Å². The number of ketones is 1. The molecule has 0 N–H and O–H groups in total. The largest absolute Gasteiger partial charge is 0.490 e. The summed E-state index contributed by atoms with van der Waals surface area (Å²) in [6.07, 6.45) is 9.47. The minimum atomic E-state index is -0.237. The number of rotatable bonds is 6. The molecule has 148 valence electrons.